The first kappa shape index (κ1) is 14.3. The fourth-order valence-corrected chi connectivity index (χ4v) is 2.06. The summed E-state index contributed by atoms with van der Waals surface area (Å²) in [5.41, 5.74) is 6.61. The lowest BCUT2D eigenvalue weighted by Gasteiger charge is -2.08. The van der Waals surface area contributed by atoms with E-state index in [4.69, 9.17) is 0 Å². The van der Waals surface area contributed by atoms with E-state index in [0.717, 1.165) is 34.4 Å². The van der Waals surface area contributed by atoms with Crippen molar-refractivity contribution in [3.63, 3.8) is 0 Å². The summed E-state index contributed by atoms with van der Waals surface area (Å²) in [6.45, 7) is 10.5. The Kier molecular flexibility index (Phi) is 4.18. The summed E-state index contributed by atoms with van der Waals surface area (Å²) in [7, 11) is 1.91. The maximum atomic E-state index is 4.49. The fourth-order valence-electron chi connectivity index (χ4n) is 2.06. The Hall–Kier alpha value is -2.16. The van der Waals surface area contributed by atoms with Crippen LogP contribution in [0.2, 0.25) is 0 Å². The minimum Gasteiger partial charge on any atom is -0.275 e. The Morgan fingerprint density at radius 1 is 1.40 bits per heavy atom. The minimum atomic E-state index is 0.933. The Morgan fingerprint density at radius 2 is 2.15 bits per heavy atom. The van der Waals surface area contributed by atoms with Crippen molar-refractivity contribution < 1.29 is 0 Å². The molecule has 0 aliphatic heterocycles. The molecule has 0 bridgehead atoms. The second-order valence-corrected chi connectivity index (χ2v) is 5.16. The van der Waals surface area contributed by atoms with Crippen molar-refractivity contribution >= 4 is 5.57 Å². The molecule has 0 N–H and O–H groups in total. The highest BCUT2D eigenvalue weighted by Gasteiger charge is 2.07. The van der Waals surface area contributed by atoms with Gasteiger partial charge in [0.1, 0.15) is 0 Å². The number of pyridine rings is 1. The van der Waals surface area contributed by atoms with Gasteiger partial charge in [-0.1, -0.05) is 25.2 Å². The summed E-state index contributed by atoms with van der Waals surface area (Å²) in [5.74, 6) is 0. The molecule has 0 atom stereocenters. The molecular formula is C17H21N3. The first-order chi connectivity index (χ1) is 9.51. The second-order valence-electron chi connectivity index (χ2n) is 5.16. The standard InChI is InChI=1S/C17H21N3/c1-6-12(2)7-13(3)16-8-17(18-9-14(16)4)15-10-19-20(5)11-15/h7-11H,3,6H2,1-2,4-5H3/b12-7+. The molecule has 2 heterocycles. The molecule has 0 aromatic carbocycles. The smallest absolute Gasteiger partial charge is 0.0739 e. The summed E-state index contributed by atoms with van der Waals surface area (Å²) >= 11 is 0. The highest BCUT2D eigenvalue weighted by atomic mass is 15.2. The number of allylic oxidation sites excluding steroid dienone is 3. The number of hydrogen-bond donors (Lipinski definition) is 0. The van der Waals surface area contributed by atoms with Gasteiger partial charge in [0.15, 0.2) is 0 Å². The number of hydrogen-bond acceptors (Lipinski definition) is 2. The number of aromatic nitrogens is 3. The van der Waals surface area contributed by atoms with Crippen molar-refractivity contribution in [3.05, 3.63) is 54.0 Å². The third-order valence-electron chi connectivity index (χ3n) is 3.43. The van der Waals surface area contributed by atoms with Gasteiger partial charge in [-0.3, -0.25) is 9.67 Å². The molecule has 0 unspecified atom stereocenters. The van der Waals surface area contributed by atoms with Crippen LogP contribution in [0.5, 0.6) is 0 Å². The Morgan fingerprint density at radius 3 is 2.75 bits per heavy atom. The van der Waals surface area contributed by atoms with Crippen molar-refractivity contribution in [2.24, 2.45) is 7.05 Å². The molecule has 2 rings (SSSR count). The summed E-state index contributed by atoms with van der Waals surface area (Å²) < 4.78 is 1.78. The normalized spacial score (nSPS) is 11.7. The van der Waals surface area contributed by atoms with E-state index in [1.807, 2.05) is 25.6 Å². The maximum Gasteiger partial charge on any atom is 0.0739 e. The number of nitrogens with zero attached hydrogens (tertiary/aromatic N) is 3. The van der Waals surface area contributed by atoms with Crippen LogP contribution in [-0.4, -0.2) is 14.8 Å². The number of aryl methyl sites for hydroxylation is 2. The molecule has 3 nitrogen and oxygen atoms in total. The quantitative estimate of drug-likeness (QED) is 0.779. The van der Waals surface area contributed by atoms with Crippen LogP contribution < -0.4 is 0 Å². The summed E-state index contributed by atoms with van der Waals surface area (Å²) in [6.07, 6.45) is 8.89. The van der Waals surface area contributed by atoms with Crippen molar-refractivity contribution in [2.75, 3.05) is 0 Å². The molecule has 0 fully saturated rings. The molecule has 2 aromatic heterocycles. The zero-order valence-electron chi connectivity index (χ0n) is 12.6. The molecule has 3 heteroatoms. The first-order valence-corrected chi connectivity index (χ1v) is 6.83. The third-order valence-corrected chi connectivity index (χ3v) is 3.43. The zero-order chi connectivity index (χ0) is 14.7. The van der Waals surface area contributed by atoms with Gasteiger partial charge >= 0.3 is 0 Å². The highest BCUT2D eigenvalue weighted by molar-refractivity contribution is 5.77. The Bertz CT molecular complexity index is 663. The van der Waals surface area contributed by atoms with E-state index >= 15 is 0 Å². The van der Waals surface area contributed by atoms with Crippen LogP contribution in [0.15, 0.2) is 42.9 Å². The van der Waals surface area contributed by atoms with Crippen molar-refractivity contribution in [3.8, 4) is 11.3 Å². The van der Waals surface area contributed by atoms with Crippen molar-refractivity contribution in [1.29, 1.82) is 0 Å². The molecule has 0 aliphatic carbocycles. The lowest BCUT2D eigenvalue weighted by molar-refractivity contribution is 0.768. The van der Waals surface area contributed by atoms with Gasteiger partial charge in [-0.15, -0.1) is 0 Å². The Balaban J connectivity index is 2.41. The van der Waals surface area contributed by atoms with Gasteiger partial charge in [0, 0.05) is 25.0 Å². The zero-order valence-corrected chi connectivity index (χ0v) is 12.6. The molecular weight excluding hydrogens is 246 g/mol. The van der Waals surface area contributed by atoms with Gasteiger partial charge in [0.05, 0.1) is 11.9 Å². The van der Waals surface area contributed by atoms with Gasteiger partial charge in [0.2, 0.25) is 0 Å². The highest BCUT2D eigenvalue weighted by Crippen LogP contribution is 2.25. The van der Waals surface area contributed by atoms with E-state index in [2.05, 4.69) is 49.6 Å². The molecule has 2 aromatic rings. The molecule has 0 saturated carbocycles. The van der Waals surface area contributed by atoms with E-state index in [-0.39, 0.29) is 0 Å². The van der Waals surface area contributed by atoms with Gasteiger partial charge in [-0.25, -0.2) is 0 Å². The van der Waals surface area contributed by atoms with Gasteiger partial charge in [0.25, 0.3) is 0 Å². The Labute approximate surface area is 120 Å². The average molecular weight is 267 g/mol. The van der Waals surface area contributed by atoms with Crippen LogP contribution in [0.25, 0.3) is 16.8 Å². The maximum absolute atomic E-state index is 4.49. The molecule has 0 spiro atoms. The van der Waals surface area contributed by atoms with Gasteiger partial charge < -0.3 is 0 Å². The van der Waals surface area contributed by atoms with Crippen LogP contribution in [0.4, 0.5) is 0 Å². The van der Waals surface area contributed by atoms with E-state index in [0.29, 0.717) is 0 Å². The van der Waals surface area contributed by atoms with Crippen LogP contribution in [0, 0.1) is 6.92 Å². The average Bonchev–Trinajstić information content (AvgIpc) is 2.85. The molecule has 0 radical (unpaired) electrons. The predicted molar refractivity (Wildman–Crippen MR) is 84.3 cm³/mol. The topological polar surface area (TPSA) is 30.7 Å². The fraction of sp³-hybridized carbons (Fsp3) is 0.294. The predicted octanol–water partition coefficient (Wildman–Crippen LogP) is 4.16. The SMILES string of the molecule is C=C(/C=C(\C)CC)c1cc(-c2cnn(C)c2)ncc1C. The van der Waals surface area contributed by atoms with Crippen molar-refractivity contribution in [2.45, 2.75) is 27.2 Å². The molecule has 0 aliphatic rings. The lowest BCUT2D eigenvalue weighted by Crippen LogP contribution is -1.91. The summed E-state index contributed by atoms with van der Waals surface area (Å²) in [6, 6.07) is 2.09. The van der Waals surface area contributed by atoms with Gasteiger partial charge in [-0.2, -0.15) is 5.10 Å². The third kappa shape index (κ3) is 3.05. The van der Waals surface area contributed by atoms with Gasteiger partial charge in [-0.05, 0) is 43.0 Å². The van der Waals surface area contributed by atoms with Crippen LogP contribution >= 0.6 is 0 Å². The van der Waals surface area contributed by atoms with E-state index in [1.54, 1.807) is 4.68 Å². The first-order valence-electron chi connectivity index (χ1n) is 6.83. The van der Waals surface area contributed by atoms with E-state index in [9.17, 15) is 0 Å². The van der Waals surface area contributed by atoms with E-state index < -0.39 is 0 Å². The summed E-state index contributed by atoms with van der Waals surface area (Å²) in [5, 5.41) is 4.19. The van der Waals surface area contributed by atoms with Crippen LogP contribution in [0.1, 0.15) is 31.4 Å². The largest absolute Gasteiger partial charge is 0.275 e. The summed E-state index contributed by atoms with van der Waals surface area (Å²) in [4.78, 5) is 4.49. The molecule has 0 amide bonds. The van der Waals surface area contributed by atoms with Crippen molar-refractivity contribution in [1.82, 2.24) is 14.8 Å². The van der Waals surface area contributed by atoms with Crippen LogP contribution in [0.3, 0.4) is 0 Å². The molecule has 104 valence electrons. The molecule has 0 saturated heterocycles. The molecule has 20 heavy (non-hydrogen) atoms. The monoisotopic (exact) mass is 267 g/mol. The van der Waals surface area contributed by atoms with Crippen LogP contribution in [-0.2, 0) is 7.05 Å². The lowest BCUT2D eigenvalue weighted by atomic mass is 9.99. The second kappa shape index (κ2) is 5.87. The minimum absolute atomic E-state index is 0.933. The van der Waals surface area contributed by atoms with E-state index in [1.165, 1.54) is 5.57 Å². The number of rotatable bonds is 4.